The van der Waals surface area contributed by atoms with E-state index < -0.39 is 23.6 Å². The van der Waals surface area contributed by atoms with E-state index in [1.807, 2.05) is 17.5 Å². The zero-order valence-electron chi connectivity index (χ0n) is 13.7. The summed E-state index contributed by atoms with van der Waals surface area (Å²) in [4.78, 5) is 24.6. The summed E-state index contributed by atoms with van der Waals surface area (Å²) < 4.78 is 43.1. The molecular weight excluding hydrogens is 381 g/mol. The van der Waals surface area contributed by atoms with E-state index >= 15 is 0 Å². The lowest BCUT2D eigenvalue weighted by atomic mass is 10.2. The number of hydrogen-bond donors (Lipinski definition) is 2. The Bertz CT molecular complexity index is 932. The zero-order chi connectivity index (χ0) is 19.4. The number of amides is 2. The Morgan fingerprint density at radius 1 is 1.00 bits per heavy atom. The number of benzene rings is 1. The van der Waals surface area contributed by atoms with Crippen LogP contribution in [0.25, 0.3) is 10.6 Å². The Kier molecular flexibility index (Phi) is 5.31. The molecule has 0 spiro atoms. The molecule has 0 aliphatic rings. The molecule has 0 saturated carbocycles. The van der Waals surface area contributed by atoms with E-state index in [0.29, 0.717) is 11.5 Å². The van der Waals surface area contributed by atoms with Gasteiger partial charge in [-0.15, -0.1) is 11.3 Å². The quantitative estimate of drug-likeness (QED) is 0.649. The first kappa shape index (κ1) is 18.7. The van der Waals surface area contributed by atoms with E-state index in [0.717, 1.165) is 29.1 Å². The van der Waals surface area contributed by atoms with Crippen molar-refractivity contribution in [3.8, 4) is 10.6 Å². The summed E-state index contributed by atoms with van der Waals surface area (Å²) in [5.41, 5.74) is -0.759. The van der Waals surface area contributed by atoms with Crippen molar-refractivity contribution in [1.29, 1.82) is 0 Å². The average molecular weight is 394 g/mol. The third-order valence-electron chi connectivity index (χ3n) is 3.53. The van der Waals surface area contributed by atoms with E-state index in [9.17, 15) is 22.8 Å². The number of rotatable bonds is 4. The highest BCUT2D eigenvalue weighted by atomic mass is 32.1. The second-order valence-electron chi connectivity index (χ2n) is 5.46. The standard InChI is InChI=1S/C18H13F3N2O3S/c19-18(20,21)11-3-5-12(6-4-11)23-17(25)16(24)22-10-13-7-8-14(26-13)15-2-1-9-27-15/h1-9H,10H2,(H,22,24)(H,23,25). The maximum atomic E-state index is 12.5. The van der Waals surface area contributed by atoms with Crippen LogP contribution in [-0.2, 0) is 22.3 Å². The van der Waals surface area contributed by atoms with Crippen LogP contribution in [0.4, 0.5) is 18.9 Å². The van der Waals surface area contributed by atoms with Gasteiger partial charge in [0.05, 0.1) is 17.0 Å². The molecule has 1 aromatic carbocycles. The summed E-state index contributed by atoms with van der Waals surface area (Å²) in [6.07, 6.45) is -4.47. The lowest BCUT2D eigenvalue weighted by Crippen LogP contribution is -2.34. The van der Waals surface area contributed by atoms with Gasteiger partial charge >= 0.3 is 18.0 Å². The van der Waals surface area contributed by atoms with Crippen LogP contribution in [0.3, 0.4) is 0 Å². The second kappa shape index (κ2) is 7.67. The van der Waals surface area contributed by atoms with Gasteiger partial charge in [-0.1, -0.05) is 6.07 Å². The number of nitrogens with one attached hydrogen (secondary N) is 2. The molecule has 3 aromatic rings. The molecule has 0 unspecified atom stereocenters. The molecule has 2 amide bonds. The van der Waals surface area contributed by atoms with Gasteiger partial charge < -0.3 is 15.1 Å². The van der Waals surface area contributed by atoms with Crippen LogP contribution in [0.15, 0.2) is 58.3 Å². The normalized spacial score (nSPS) is 11.2. The first-order valence-electron chi connectivity index (χ1n) is 7.72. The smallest absolute Gasteiger partial charge is 0.416 e. The van der Waals surface area contributed by atoms with E-state index in [4.69, 9.17) is 4.42 Å². The van der Waals surface area contributed by atoms with Gasteiger partial charge in [0.1, 0.15) is 11.5 Å². The summed E-state index contributed by atoms with van der Waals surface area (Å²) in [6, 6.07) is 11.0. The van der Waals surface area contributed by atoms with E-state index in [-0.39, 0.29) is 12.2 Å². The van der Waals surface area contributed by atoms with Crippen molar-refractivity contribution >= 4 is 28.8 Å². The minimum absolute atomic E-state index is 0.00460. The van der Waals surface area contributed by atoms with Crippen LogP contribution >= 0.6 is 11.3 Å². The molecule has 2 heterocycles. The molecule has 0 bridgehead atoms. The van der Waals surface area contributed by atoms with Crippen molar-refractivity contribution in [3.63, 3.8) is 0 Å². The number of thiophene rings is 1. The summed E-state index contributed by atoms with van der Waals surface area (Å²) in [5, 5.41) is 6.54. The number of alkyl halides is 3. The number of furan rings is 1. The predicted molar refractivity (Wildman–Crippen MR) is 93.9 cm³/mol. The molecule has 0 atom stereocenters. The Morgan fingerprint density at radius 2 is 1.74 bits per heavy atom. The van der Waals surface area contributed by atoms with E-state index in [1.165, 1.54) is 11.3 Å². The summed E-state index contributed by atoms with van der Waals surface area (Å²) in [7, 11) is 0. The monoisotopic (exact) mass is 394 g/mol. The van der Waals surface area contributed by atoms with Crippen molar-refractivity contribution in [2.75, 3.05) is 5.32 Å². The fourth-order valence-electron chi connectivity index (χ4n) is 2.20. The van der Waals surface area contributed by atoms with E-state index in [2.05, 4.69) is 10.6 Å². The molecule has 0 aliphatic heterocycles. The molecular formula is C18H13F3N2O3S. The number of carbonyl (C=O) groups excluding carboxylic acids is 2. The molecule has 2 aromatic heterocycles. The predicted octanol–water partition coefficient (Wildman–Crippen LogP) is 4.28. The topological polar surface area (TPSA) is 71.3 Å². The van der Waals surface area contributed by atoms with Crippen LogP contribution < -0.4 is 10.6 Å². The minimum atomic E-state index is -4.47. The molecule has 140 valence electrons. The van der Waals surface area contributed by atoms with Crippen molar-refractivity contribution in [1.82, 2.24) is 5.32 Å². The lowest BCUT2D eigenvalue weighted by Gasteiger charge is -2.08. The maximum absolute atomic E-state index is 12.5. The van der Waals surface area contributed by atoms with Gasteiger partial charge in [-0.2, -0.15) is 13.2 Å². The first-order chi connectivity index (χ1) is 12.8. The largest absolute Gasteiger partial charge is 0.458 e. The van der Waals surface area contributed by atoms with Crippen LogP contribution in [-0.4, -0.2) is 11.8 Å². The molecule has 0 fully saturated rings. The van der Waals surface area contributed by atoms with Crippen molar-refractivity contribution in [3.05, 3.63) is 65.2 Å². The number of hydrogen-bond acceptors (Lipinski definition) is 4. The highest BCUT2D eigenvalue weighted by molar-refractivity contribution is 7.13. The minimum Gasteiger partial charge on any atom is -0.458 e. The van der Waals surface area contributed by atoms with Crippen molar-refractivity contribution < 1.29 is 27.2 Å². The van der Waals surface area contributed by atoms with Crippen LogP contribution in [0.1, 0.15) is 11.3 Å². The number of carbonyl (C=O) groups is 2. The molecule has 0 saturated heterocycles. The zero-order valence-corrected chi connectivity index (χ0v) is 14.5. The van der Waals surface area contributed by atoms with Gasteiger partial charge in [0, 0.05) is 5.69 Å². The third kappa shape index (κ3) is 4.76. The van der Waals surface area contributed by atoms with Gasteiger partial charge in [-0.3, -0.25) is 9.59 Å². The second-order valence-corrected chi connectivity index (χ2v) is 6.40. The van der Waals surface area contributed by atoms with Gasteiger partial charge in [-0.25, -0.2) is 0 Å². The molecule has 9 heteroatoms. The molecule has 0 radical (unpaired) electrons. The third-order valence-corrected chi connectivity index (χ3v) is 4.41. The SMILES string of the molecule is O=C(NCc1ccc(-c2cccs2)o1)C(=O)Nc1ccc(C(F)(F)F)cc1. The fraction of sp³-hybridized carbons (Fsp3) is 0.111. The van der Waals surface area contributed by atoms with Crippen molar-refractivity contribution in [2.45, 2.75) is 12.7 Å². The van der Waals surface area contributed by atoms with Crippen molar-refractivity contribution in [2.24, 2.45) is 0 Å². The van der Waals surface area contributed by atoms with Gasteiger partial charge in [0.25, 0.3) is 0 Å². The Labute approximate surface area is 155 Å². The number of anilines is 1. The fourth-order valence-corrected chi connectivity index (χ4v) is 2.89. The molecule has 3 rings (SSSR count). The summed E-state index contributed by atoms with van der Waals surface area (Å²) in [6.45, 7) is 0.00460. The number of halogens is 3. The van der Waals surface area contributed by atoms with Crippen LogP contribution in [0.2, 0.25) is 0 Å². The summed E-state index contributed by atoms with van der Waals surface area (Å²) >= 11 is 1.51. The Balaban J connectivity index is 1.53. The van der Waals surface area contributed by atoms with E-state index in [1.54, 1.807) is 12.1 Å². The summed E-state index contributed by atoms with van der Waals surface area (Å²) in [5.74, 6) is -0.790. The molecule has 27 heavy (non-hydrogen) atoms. The molecule has 5 nitrogen and oxygen atoms in total. The highest BCUT2D eigenvalue weighted by Crippen LogP contribution is 2.30. The highest BCUT2D eigenvalue weighted by Gasteiger charge is 2.30. The molecule has 0 aliphatic carbocycles. The maximum Gasteiger partial charge on any atom is 0.416 e. The average Bonchev–Trinajstić information content (AvgIpc) is 3.30. The first-order valence-corrected chi connectivity index (χ1v) is 8.60. The Morgan fingerprint density at radius 3 is 2.37 bits per heavy atom. The molecule has 2 N–H and O–H groups in total. The van der Waals surface area contributed by atoms with Gasteiger partial charge in [0.2, 0.25) is 0 Å². The van der Waals surface area contributed by atoms with Crippen LogP contribution in [0, 0.1) is 0 Å². The van der Waals surface area contributed by atoms with Crippen LogP contribution in [0.5, 0.6) is 0 Å². The lowest BCUT2D eigenvalue weighted by molar-refractivity contribution is -0.137. The van der Waals surface area contributed by atoms with Gasteiger partial charge in [-0.05, 0) is 47.8 Å². The Hall–Kier alpha value is -3.07. The van der Waals surface area contributed by atoms with Gasteiger partial charge in [0.15, 0.2) is 0 Å².